The summed E-state index contributed by atoms with van der Waals surface area (Å²) in [7, 11) is 0. The molecule has 0 aliphatic carbocycles. The van der Waals surface area contributed by atoms with E-state index >= 15 is 0 Å². The number of hydrogen-bond donors (Lipinski definition) is 0. The minimum absolute atomic E-state index is 0.138. The number of carbonyl (C=O) groups is 1. The molecule has 0 saturated carbocycles. The Morgan fingerprint density at radius 1 is 1.19 bits per heavy atom. The second-order valence-electron chi connectivity index (χ2n) is 4.51. The molecular formula is C16H10ClIO3. The van der Waals surface area contributed by atoms with E-state index in [4.69, 9.17) is 20.8 Å². The van der Waals surface area contributed by atoms with Crippen LogP contribution in [0.3, 0.4) is 0 Å². The third-order valence-corrected chi connectivity index (χ3v) is 3.95. The van der Waals surface area contributed by atoms with Crippen molar-refractivity contribution in [2.24, 2.45) is 0 Å². The van der Waals surface area contributed by atoms with E-state index < -0.39 is 0 Å². The molecule has 0 aliphatic rings. The van der Waals surface area contributed by atoms with Gasteiger partial charge in [0.1, 0.15) is 11.3 Å². The smallest absolute Gasteiger partial charge is 0.315 e. The highest BCUT2D eigenvalue weighted by molar-refractivity contribution is 14.1. The number of carbonyl (C=O) groups excluding carboxylic acids is 1. The van der Waals surface area contributed by atoms with Gasteiger partial charge in [0.2, 0.25) is 0 Å². The first kappa shape index (κ1) is 14.4. The van der Waals surface area contributed by atoms with Gasteiger partial charge in [-0.1, -0.05) is 11.6 Å². The topological polar surface area (TPSA) is 39.4 Å². The van der Waals surface area contributed by atoms with Crippen molar-refractivity contribution in [2.45, 2.75) is 6.42 Å². The van der Waals surface area contributed by atoms with E-state index in [1.807, 2.05) is 12.1 Å². The van der Waals surface area contributed by atoms with Crippen LogP contribution in [0.25, 0.3) is 11.0 Å². The van der Waals surface area contributed by atoms with Crippen molar-refractivity contribution >= 4 is 51.1 Å². The quantitative estimate of drug-likeness (QED) is 0.351. The second-order valence-corrected chi connectivity index (χ2v) is 6.19. The van der Waals surface area contributed by atoms with Crippen molar-refractivity contribution in [1.29, 1.82) is 0 Å². The predicted molar refractivity (Wildman–Crippen MR) is 89.7 cm³/mol. The van der Waals surface area contributed by atoms with Gasteiger partial charge in [0.25, 0.3) is 0 Å². The molecule has 0 radical (unpaired) electrons. The zero-order valence-corrected chi connectivity index (χ0v) is 13.7. The van der Waals surface area contributed by atoms with Crippen molar-refractivity contribution in [3.05, 3.63) is 62.9 Å². The molecule has 0 amide bonds. The summed E-state index contributed by atoms with van der Waals surface area (Å²) in [6.07, 6.45) is 1.70. The second kappa shape index (κ2) is 6.07. The van der Waals surface area contributed by atoms with Crippen LogP contribution in [-0.4, -0.2) is 5.97 Å². The predicted octanol–water partition coefficient (Wildman–Crippen LogP) is 4.84. The maximum atomic E-state index is 12.0. The van der Waals surface area contributed by atoms with E-state index in [9.17, 15) is 4.79 Å². The molecule has 1 aromatic heterocycles. The summed E-state index contributed by atoms with van der Waals surface area (Å²) in [4.78, 5) is 12.0. The van der Waals surface area contributed by atoms with E-state index in [0.29, 0.717) is 16.4 Å². The number of halogens is 2. The van der Waals surface area contributed by atoms with Gasteiger partial charge in [0.05, 0.1) is 12.7 Å². The number of ether oxygens (including phenoxy) is 1. The molecule has 0 aliphatic heterocycles. The molecule has 0 N–H and O–H groups in total. The van der Waals surface area contributed by atoms with Crippen molar-refractivity contribution < 1.29 is 13.9 Å². The molecule has 3 nitrogen and oxygen atoms in total. The molecule has 0 unspecified atom stereocenters. The minimum atomic E-state index is -0.334. The van der Waals surface area contributed by atoms with Gasteiger partial charge < -0.3 is 9.15 Å². The Bertz CT molecular complexity index is 793. The van der Waals surface area contributed by atoms with Gasteiger partial charge in [-0.3, -0.25) is 4.79 Å². The van der Waals surface area contributed by atoms with Gasteiger partial charge in [0, 0.05) is 19.5 Å². The number of rotatable bonds is 3. The van der Waals surface area contributed by atoms with Crippen LogP contribution < -0.4 is 4.74 Å². The van der Waals surface area contributed by atoms with Crippen molar-refractivity contribution in [3.63, 3.8) is 0 Å². The molecule has 2 aromatic carbocycles. The Labute approximate surface area is 140 Å². The summed E-state index contributed by atoms with van der Waals surface area (Å²) < 4.78 is 11.8. The molecule has 0 fully saturated rings. The van der Waals surface area contributed by atoms with E-state index in [-0.39, 0.29) is 12.4 Å². The fraction of sp³-hybridized carbons (Fsp3) is 0.0625. The van der Waals surface area contributed by atoms with Gasteiger partial charge in [-0.2, -0.15) is 0 Å². The van der Waals surface area contributed by atoms with Crippen LogP contribution in [0.4, 0.5) is 0 Å². The summed E-state index contributed by atoms with van der Waals surface area (Å²) in [5.74, 6) is 0.199. The fourth-order valence-corrected chi connectivity index (χ4v) is 2.55. The number of furan rings is 1. The lowest BCUT2D eigenvalue weighted by Crippen LogP contribution is -2.10. The molecule has 21 heavy (non-hydrogen) atoms. The molecular weight excluding hydrogens is 403 g/mol. The number of fused-ring (bicyclic) bond motifs is 1. The lowest BCUT2D eigenvalue weighted by Gasteiger charge is -2.03. The van der Waals surface area contributed by atoms with E-state index in [0.717, 1.165) is 14.5 Å². The fourth-order valence-electron chi connectivity index (χ4n) is 2.02. The molecule has 5 heteroatoms. The van der Waals surface area contributed by atoms with Crippen LogP contribution in [-0.2, 0) is 11.2 Å². The van der Waals surface area contributed by atoms with Gasteiger partial charge >= 0.3 is 5.97 Å². The zero-order valence-electron chi connectivity index (χ0n) is 10.8. The Kier molecular flexibility index (Phi) is 4.17. The van der Waals surface area contributed by atoms with E-state index in [1.54, 1.807) is 36.6 Å². The average Bonchev–Trinajstić information content (AvgIpc) is 2.84. The lowest BCUT2D eigenvalue weighted by molar-refractivity contribution is -0.133. The van der Waals surface area contributed by atoms with E-state index in [2.05, 4.69) is 22.6 Å². The standard InChI is InChI=1S/C16H10ClIO3/c17-11-1-6-15-14(8-11)10(9-20-15)7-16(19)21-13-4-2-12(18)3-5-13/h1-6,8-9H,7H2. The highest BCUT2D eigenvalue weighted by atomic mass is 127. The SMILES string of the molecule is O=C(Cc1coc2ccc(Cl)cc12)Oc1ccc(I)cc1. The molecule has 0 saturated heterocycles. The molecule has 0 spiro atoms. The van der Waals surface area contributed by atoms with Gasteiger partial charge in [-0.05, 0) is 65.1 Å². The monoisotopic (exact) mass is 412 g/mol. The Hall–Kier alpha value is -1.53. The molecule has 106 valence electrons. The third kappa shape index (κ3) is 3.39. The first-order chi connectivity index (χ1) is 10.1. The van der Waals surface area contributed by atoms with Crippen LogP contribution in [0.15, 0.2) is 53.1 Å². The minimum Gasteiger partial charge on any atom is -0.464 e. The van der Waals surface area contributed by atoms with Crippen molar-refractivity contribution in [3.8, 4) is 5.75 Å². The summed E-state index contributed by atoms with van der Waals surface area (Å²) in [5.41, 5.74) is 1.47. The third-order valence-electron chi connectivity index (χ3n) is 3.00. The maximum Gasteiger partial charge on any atom is 0.315 e. The molecule has 3 rings (SSSR count). The summed E-state index contributed by atoms with van der Waals surface area (Å²) >= 11 is 8.17. The summed E-state index contributed by atoms with van der Waals surface area (Å²) in [6, 6.07) is 12.6. The Balaban J connectivity index is 1.77. The molecule has 0 bridgehead atoms. The highest BCUT2D eigenvalue weighted by Gasteiger charge is 2.12. The summed E-state index contributed by atoms with van der Waals surface area (Å²) in [6.45, 7) is 0. The number of benzene rings is 2. The van der Waals surface area contributed by atoms with Gasteiger partial charge in [0.15, 0.2) is 0 Å². The first-order valence-corrected chi connectivity index (χ1v) is 7.69. The van der Waals surface area contributed by atoms with Crippen LogP contribution in [0.2, 0.25) is 5.02 Å². The number of esters is 1. The van der Waals surface area contributed by atoms with Crippen LogP contribution >= 0.6 is 34.2 Å². The molecule has 3 aromatic rings. The number of hydrogen-bond acceptors (Lipinski definition) is 3. The highest BCUT2D eigenvalue weighted by Crippen LogP contribution is 2.25. The lowest BCUT2D eigenvalue weighted by atomic mass is 10.1. The van der Waals surface area contributed by atoms with Crippen LogP contribution in [0, 0.1) is 3.57 Å². The average molecular weight is 413 g/mol. The Morgan fingerprint density at radius 2 is 1.95 bits per heavy atom. The van der Waals surface area contributed by atoms with Crippen LogP contribution in [0.1, 0.15) is 5.56 Å². The first-order valence-electron chi connectivity index (χ1n) is 6.24. The van der Waals surface area contributed by atoms with E-state index in [1.165, 1.54) is 0 Å². The van der Waals surface area contributed by atoms with Crippen molar-refractivity contribution in [2.75, 3.05) is 0 Å². The van der Waals surface area contributed by atoms with Crippen LogP contribution in [0.5, 0.6) is 5.75 Å². The molecule has 0 atom stereocenters. The largest absolute Gasteiger partial charge is 0.464 e. The van der Waals surface area contributed by atoms with Crippen molar-refractivity contribution in [1.82, 2.24) is 0 Å². The molecule has 1 heterocycles. The van der Waals surface area contributed by atoms with Gasteiger partial charge in [-0.25, -0.2) is 0 Å². The Morgan fingerprint density at radius 3 is 2.71 bits per heavy atom. The zero-order chi connectivity index (χ0) is 14.8. The normalized spacial score (nSPS) is 10.8. The van der Waals surface area contributed by atoms with Gasteiger partial charge in [-0.15, -0.1) is 0 Å². The maximum absolute atomic E-state index is 12.0. The summed E-state index contributed by atoms with van der Waals surface area (Å²) in [5, 5.41) is 1.44.